The van der Waals surface area contributed by atoms with Crippen LogP contribution >= 0.6 is 12.4 Å². The Kier molecular flexibility index (Phi) is 5.77. The van der Waals surface area contributed by atoms with Crippen LogP contribution in [0, 0.1) is 0 Å². The summed E-state index contributed by atoms with van der Waals surface area (Å²) in [5, 5.41) is 6.94. The number of fused-ring (bicyclic) bond motifs is 2. The molecular weight excluding hydrogens is 427 g/mol. The van der Waals surface area contributed by atoms with Crippen molar-refractivity contribution in [3.8, 4) is 0 Å². The molecule has 0 atom stereocenters. The van der Waals surface area contributed by atoms with Gasteiger partial charge in [-0.05, 0) is 79.9 Å². The second kappa shape index (κ2) is 8.36. The molecule has 9 heteroatoms. The van der Waals surface area contributed by atoms with Crippen molar-refractivity contribution in [2.45, 2.75) is 24.9 Å². The van der Waals surface area contributed by atoms with Crippen LogP contribution in [0.4, 0.5) is 24.9 Å². The fourth-order valence-corrected chi connectivity index (χ4v) is 3.99. The van der Waals surface area contributed by atoms with Gasteiger partial charge in [0.15, 0.2) is 0 Å². The number of imidazole rings is 1. The number of rotatable bonds is 3. The zero-order valence-corrected chi connectivity index (χ0v) is 17.3. The standard InChI is InChI=1S/C22H20F3N5.ClH/c23-22(24,25)16-3-5-17-15(11-16)2-6-20(27-17)30-21-28-18-4-1-14(12-19(18)29-21)13-7-9-26-10-8-13;/h1-6,11-13,26H,7-10H2,(H2,27,28,29,30);1H. The lowest BCUT2D eigenvalue weighted by Crippen LogP contribution is -2.26. The van der Waals surface area contributed by atoms with E-state index in [4.69, 9.17) is 0 Å². The van der Waals surface area contributed by atoms with E-state index in [0.29, 0.717) is 28.6 Å². The minimum atomic E-state index is -4.37. The number of alkyl halides is 3. The largest absolute Gasteiger partial charge is 0.416 e. The summed E-state index contributed by atoms with van der Waals surface area (Å²) in [6, 6.07) is 13.1. The molecule has 162 valence electrons. The molecule has 2 aromatic carbocycles. The van der Waals surface area contributed by atoms with Gasteiger partial charge in [0, 0.05) is 5.39 Å². The molecule has 1 fully saturated rings. The van der Waals surface area contributed by atoms with E-state index in [1.807, 2.05) is 6.07 Å². The molecule has 1 aliphatic heterocycles. The number of piperidine rings is 1. The van der Waals surface area contributed by atoms with Crippen LogP contribution in [-0.4, -0.2) is 28.0 Å². The molecule has 3 heterocycles. The molecule has 1 aliphatic rings. The Bertz CT molecular complexity index is 1210. The van der Waals surface area contributed by atoms with Crippen LogP contribution in [0.1, 0.15) is 29.9 Å². The van der Waals surface area contributed by atoms with Gasteiger partial charge in [-0.25, -0.2) is 9.97 Å². The second-order valence-electron chi connectivity index (χ2n) is 7.61. The third-order valence-electron chi connectivity index (χ3n) is 5.58. The molecule has 0 saturated carbocycles. The molecule has 5 rings (SSSR count). The quantitative estimate of drug-likeness (QED) is 0.373. The lowest BCUT2D eigenvalue weighted by atomic mass is 9.90. The number of H-pyrrole nitrogens is 1. The van der Waals surface area contributed by atoms with E-state index in [-0.39, 0.29) is 12.4 Å². The summed E-state index contributed by atoms with van der Waals surface area (Å²) in [6.07, 6.45) is -2.12. The molecule has 1 saturated heterocycles. The van der Waals surface area contributed by atoms with Crippen molar-refractivity contribution < 1.29 is 13.2 Å². The van der Waals surface area contributed by atoms with Crippen LogP contribution < -0.4 is 10.6 Å². The number of hydrogen-bond donors (Lipinski definition) is 3. The van der Waals surface area contributed by atoms with Crippen molar-refractivity contribution in [3.63, 3.8) is 0 Å². The van der Waals surface area contributed by atoms with Gasteiger partial charge in [-0.2, -0.15) is 13.2 Å². The van der Waals surface area contributed by atoms with Gasteiger partial charge in [0.05, 0.1) is 22.1 Å². The van der Waals surface area contributed by atoms with E-state index in [0.717, 1.165) is 49.1 Å². The second-order valence-corrected chi connectivity index (χ2v) is 7.61. The fraction of sp³-hybridized carbons (Fsp3) is 0.273. The third-order valence-corrected chi connectivity index (χ3v) is 5.58. The van der Waals surface area contributed by atoms with E-state index in [1.54, 1.807) is 12.1 Å². The maximum Gasteiger partial charge on any atom is 0.416 e. The number of anilines is 2. The summed E-state index contributed by atoms with van der Waals surface area (Å²) in [5.41, 5.74) is 2.91. The Morgan fingerprint density at radius 1 is 0.903 bits per heavy atom. The van der Waals surface area contributed by atoms with Crippen molar-refractivity contribution in [3.05, 3.63) is 59.7 Å². The number of benzene rings is 2. The average Bonchev–Trinajstić information content (AvgIpc) is 3.14. The highest BCUT2D eigenvalue weighted by Crippen LogP contribution is 2.32. The van der Waals surface area contributed by atoms with E-state index < -0.39 is 11.7 Å². The first-order valence-electron chi connectivity index (χ1n) is 9.91. The Labute approximate surface area is 182 Å². The van der Waals surface area contributed by atoms with E-state index in [9.17, 15) is 13.2 Å². The van der Waals surface area contributed by atoms with Crippen LogP contribution in [0.25, 0.3) is 21.9 Å². The van der Waals surface area contributed by atoms with Crippen molar-refractivity contribution in [1.82, 2.24) is 20.3 Å². The van der Waals surface area contributed by atoms with Crippen molar-refractivity contribution >= 4 is 46.1 Å². The minimum absolute atomic E-state index is 0. The van der Waals surface area contributed by atoms with E-state index >= 15 is 0 Å². The zero-order chi connectivity index (χ0) is 20.7. The Balaban J connectivity index is 0.00000231. The van der Waals surface area contributed by atoms with Crippen LogP contribution in [0.15, 0.2) is 48.5 Å². The summed E-state index contributed by atoms with van der Waals surface area (Å²) in [4.78, 5) is 12.2. The van der Waals surface area contributed by atoms with Gasteiger partial charge in [0.25, 0.3) is 0 Å². The number of hydrogen-bond acceptors (Lipinski definition) is 4. The van der Waals surface area contributed by atoms with Gasteiger partial charge in [-0.15, -0.1) is 12.4 Å². The minimum Gasteiger partial charge on any atom is -0.324 e. The molecule has 31 heavy (non-hydrogen) atoms. The first kappa shape index (κ1) is 21.4. The summed E-state index contributed by atoms with van der Waals surface area (Å²) >= 11 is 0. The Hall–Kier alpha value is -2.84. The number of aromatic nitrogens is 3. The first-order valence-corrected chi connectivity index (χ1v) is 9.91. The molecule has 2 aromatic heterocycles. The monoisotopic (exact) mass is 447 g/mol. The van der Waals surface area contributed by atoms with Gasteiger partial charge in [-0.1, -0.05) is 6.07 Å². The third kappa shape index (κ3) is 4.45. The van der Waals surface area contributed by atoms with Gasteiger partial charge in [0.1, 0.15) is 5.82 Å². The van der Waals surface area contributed by atoms with E-state index in [1.165, 1.54) is 11.6 Å². The summed E-state index contributed by atoms with van der Waals surface area (Å²) in [7, 11) is 0. The summed E-state index contributed by atoms with van der Waals surface area (Å²) < 4.78 is 38.6. The summed E-state index contributed by atoms with van der Waals surface area (Å²) in [6.45, 7) is 2.08. The highest BCUT2D eigenvalue weighted by atomic mass is 35.5. The molecular formula is C22H21ClF3N5. The average molecular weight is 448 g/mol. The first-order chi connectivity index (χ1) is 14.5. The molecule has 0 unspecified atom stereocenters. The lowest BCUT2D eigenvalue weighted by molar-refractivity contribution is -0.137. The highest BCUT2D eigenvalue weighted by Gasteiger charge is 2.30. The maximum absolute atomic E-state index is 12.9. The van der Waals surface area contributed by atoms with Gasteiger partial charge < -0.3 is 15.6 Å². The summed E-state index contributed by atoms with van der Waals surface area (Å²) in [5.74, 6) is 1.62. The van der Waals surface area contributed by atoms with Crippen LogP contribution in [-0.2, 0) is 6.18 Å². The smallest absolute Gasteiger partial charge is 0.324 e. The fourth-order valence-electron chi connectivity index (χ4n) is 3.99. The predicted octanol–water partition coefficient (Wildman–Crippen LogP) is 5.76. The molecule has 4 aromatic rings. The predicted molar refractivity (Wildman–Crippen MR) is 118 cm³/mol. The molecule has 5 nitrogen and oxygen atoms in total. The number of pyridine rings is 1. The van der Waals surface area contributed by atoms with Crippen LogP contribution in [0.3, 0.4) is 0 Å². The number of nitrogens with zero attached hydrogens (tertiary/aromatic N) is 2. The Morgan fingerprint density at radius 3 is 2.45 bits per heavy atom. The maximum atomic E-state index is 12.9. The van der Waals surface area contributed by atoms with Gasteiger partial charge >= 0.3 is 6.18 Å². The molecule has 0 amide bonds. The SMILES string of the molecule is Cl.FC(F)(F)c1ccc2nc(Nc3nc4ccc(C5CCNCC5)cc4[nH]3)ccc2c1. The van der Waals surface area contributed by atoms with Crippen LogP contribution in [0.2, 0.25) is 0 Å². The van der Waals surface area contributed by atoms with Gasteiger partial charge in [-0.3, -0.25) is 0 Å². The van der Waals surface area contributed by atoms with Gasteiger partial charge in [0.2, 0.25) is 5.95 Å². The van der Waals surface area contributed by atoms with Crippen LogP contribution in [0.5, 0.6) is 0 Å². The molecule has 0 bridgehead atoms. The van der Waals surface area contributed by atoms with Crippen molar-refractivity contribution in [1.29, 1.82) is 0 Å². The number of halogens is 4. The normalized spacial score (nSPS) is 15.2. The van der Waals surface area contributed by atoms with Crippen molar-refractivity contribution in [2.24, 2.45) is 0 Å². The van der Waals surface area contributed by atoms with Crippen molar-refractivity contribution in [2.75, 3.05) is 18.4 Å². The molecule has 3 N–H and O–H groups in total. The lowest BCUT2D eigenvalue weighted by Gasteiger charge is -2.22. The zero-order valence-electron chi connectivity index (χ0n) is 16.5. The molecule has 0 spiro atoms. The highest BCUT2D eigenvalue weighted by molar-refractivity contribution is 5.85. The topological polar surface area (TPSA) is 65.6 Å². The molecule has 0 aliphatic carbocycles. The van der Waals surface area contributed by atoms with E-state index in [2.05, 4.69) is 37.7 Å². The Morgan fingerprint density at radius 2 is 1.68 bits per heavy atom. The number of aromatic amines is 1. The number of nitrogens with one attached hydrogen (secondary N) is 3. The molecule has 0 radical (unpaired) electrons.